The van der Waals surface area contributed by atoms with Crippen LogP contribution in [0.1, 0.15) is 100 Å². The van der Waals surface area contributed by atoms with E-state index in [1.807, 2.05) is 27.7 Å². The van der Waals surface area contributed by atoms with E-state index in [2.05, 4.69) is 0 Å². The van der Waals surface area contributed by atoms with Crippen LogP contribution in [0.15, 0.2) is 69.5 Å². The van der Waals surface area contributed by atoms with E-state index in [-0.39, 0.29) is 16.3 Å². The van der Waals surface area contributed by atoms with Crippen molar-refractivity contribution in [3.05, 3.63) is 65.7 Å². The van der Waals surface area contributed by atoms with Gasteiger partial charge in [-0.25, -0.2) is 18.0 Å². The normalized spacial score (nSPS) is 20.0. The van der Waals surface area contributed by atoms with Crippen LogP contribution < -0.4 is 0 Å². The van der Waals surface area contributed by atoms with Crippen LogP contribution in [0.25, 0.3) is 0 Å². The monoisotopic (exact) mass is 639 g/mol. The molecular formula is C35H49N3O6S. The van der Waals surface area contributed by atoms with E-state index in [1.165, 1.54) is 12.1 Å². The molecule has 0 aromatic heterocycles. The Bertz CT molecular complexity index is 1550. The number of sulfonamides is 1. The summed E-state index contributed by atoms with van der Waals surface area (Å²) in [6, 6.07) is 13.8. The summed E-state index contributed by atoms with van der Waals surface area (Å²) in [7, 11) is -4.67. The Morgan fingerprint density at radius 1 is 0.711 bits per heavy atom. The number of nitrogens with zero attached hydrogens (tertiary/aromatic N) is 3. The minimum Gasteiger partial charge on any atom is -0.458 e. The second kappa shape index (κ2) is 12.1. The molecule has 1 aliphatic rings. The third-order valence-corrected chi connectivity index (χ3v) is 8.26. The first-order valence-corrected chi connectivity index (χ1v) is 16.6. The number of hydrogen-bond acceptors (Lipinski definition) is 8. The van der Waals surface area contributed by atoms with Crippen LogP contribution in [0.3, 0.4) is 0 Å². The molecule has 3 rings (SSSR count). The van der Waals surface area contributed by atoms with Gasteiger partial charge in [0.1, 0.15) is 16.9 Å². The van der Waals surface area contributed by atoms with Gasteiger partial charge in [-0.15, -0.1) is 0 Å². The molecule has 0 N–H and O–H groups in total. The number of rotatable bonds is 5. The lowest BCUT2D eigenvalue weighted by Gasteiger charge is -2.38. The second-order valence-corrected chi connectivity index (χ2v) is 17.3. The van der Waals surface area contributed by atoms with Crippen LogP contribution >= 0.6 is 0 Å². The molecule has 0 radical (unpaired) electrons. The Morgan fingerprint density at radius 2 is 1.16 bits per heavy atom. The van der Waals surface area contributed by atoms with Crippen molar-refractivity contribution in [1.82, 2.24) is 4.31 Å². The van der Waals surface area contributed by atoms with Gasteiger partial charge in [0.15, 0.2) is 0 Å². The van der Waals surface area contributed by atoms with Crippen molar-refractivity contribution < 1.29 is 27.5 Å². The zero-order valence-corrected chi connectivity index (χ0v) is 29.8. The summed E-state index contributed by atoms with van der Waals surface area (Å²) in [5, 5.41) is 0. The fourth-order valence-corrected chi connectivity index (χ4v) is 6.71. The van der Waals surface area contributed by atoms with Crippen LogP contribution in [-0.4, -0.2) is 63.9 Å². The van der Waals surface area contributed by atoms with E-state index in [9.17, 15) is 9.59 Å². The van der Waals surface area contributed by atoms with E-state index in [0.717, 1.165) is 9.87 Å². The maximum atomic E-state index is 15.1. The Balaban J connectivity index is 2.73. The van der Waals surface area contributed by atoms with Gasteiger partial charge >= 0.3 is 11.9 Å². The molecule has 10 heteroatoms. The summed E-state index contributed by atoms with van der Waals surface area (Å²) in [4.78, 5) is 39.6. The van der Waals surface area contributed by atoms with Gasteiger partial charge < -0.3 is 9.47 Å². The highest BCUT2D eigenvalue weighted by Gasteiger charge is 2.72. The minimum atomic E-state index is -4.67. The molecule has 1 unspecified atom stereocenters. The molecule has 1 aliphatic heterocycles. The van der Waals surface area contributed by atoms with E-state index in [4.69, 9.17) is 19.5 Å². The lowest BCUT2D eigenvalue weighted by atomic mass is 9.90. The molecule has 0 aliphatic carbocycles. The summed E-state index contributed by atoms with van der Waals surface area (Å²) in [5.41, 5.74) is -5.19. The fourth-order valence-electron chi connectivity index (χ4n) is 4.90. The first kappa shape index (κ1) is 36.1. The molecule has 2 aromatic carbocycles. The Kier molecular flexibility index (Phi) is 9.70. The number of hydrogen-bond donors (Lipinski definition) is 0. The van der Waals surface area contributed by atoms with Gasteiger partial charge in [0.2, 0.25) is 10.0 Å². The number of esters is 2. The van der Waals surface area contributed by atoms with Crippen molar-refractivity contribution in [2.45, 2.75) is 129 Å². The lowest BCUT2D eigenvalue weighted by molar-refractivity contribution is -0.178. The smallest absolute Gasteiger partial charge is 0.346 e. The quantitative estimate of drug-likeness (QED) is 0.268. The highest BCUT2D eigenvalue weighted by molar-refractivity contribution is 7.89. The molecule has 246 valence electrons. The average molecular weight is 640 g/mol. The van der Waals surface area contributed by atoms with Gasteiger partial charge in [0.25, 0.3) is 5.54 Å². The van der Waals surface area contributed by atoms with E-state index >= 15 is 8.42 Å². The first-order chi connectivity index (χ1) is 20.3. The lowest BCUT2D eigenvalue weighted by Crippen LogP contribution is -2.65. The molecule has 9 nitrogen and oxygen atoms in total. The molecule has 0 spiro atoms. The van der Waals surface area contributed by atoms with Crippen molar-refractivity contribution in [3.8, 4) is 0 Å². The number of aryl methyl sites for hydroxylation is 1. The van der Waals surface area contributed by atoms with Crippen molar-refractivity contribution >= 4 is 33.4 Å². The Hall–Kier alpha value is -3.37. The number of carbonyl (C=O) groups is 2. The molecule has 1 heterocycles. The highest BCUT2D eigenvalue weighted by Crippen LogP contribution is 2.47. The standard InChI is InChI=1S/C35H49N3O6S/c1-23-19-21-25(22-20-23)45(41,42)38-27(24-17-15-14-16-18-24)26(36-31(2,3)4)28(37-32(5,6)7)35(38,29(39)43-33(8,9)10)30(40)44-34(11,12)13/h14-22,27H,1-13H3. The molecular weight excluding hydrogens is 590 g/mol. The fraction of sp³-hybridized carbons (Fsp3) is 0.543. The van der Waals surface area contributed by atoms with Gasteiger partial charge in [-0.05, 0) is 108 Å². The van der Waals surface area contributed by atoms with Gasteiger partial charge in [0.05, 0.1) is 27.7 Å². The highest BCUT2D eigenvalue weighted by atomic mass is 32.2. The van der Waals surface area contributed by atoms with E-state index < -0.39 is 55.8 Å². The average Bonchev–Trinajstić information content (AvgIpc) is 3.11. The van der Waals surface area contributed by atoms with Crippen LogP contribution in [0, 0.1) is 6.92 Å². The van der Waals surface area contributed by atoms with Crippen molar-refractivity contribution in [2.24, 2.45) is 9.98 Å². The number of aliphatic imine (C=N–C) groups is 2. The summed E-state index contributed by atoms with van der Waals surface area (Å²) in [6.45, 7) is 22.7. The molecule has 2 aromatic rings. The van der Waals surface area contributed by atoms with Gasteiger partial charge in [-0.2, -0.15) is 4.31 Å². The Labute approximate surface area is 269 Å². The maximum absolute atomic E-state index is 15.1. The third-order valence-electron chi connectivity index (χ3n) is 6.39. The van der Waals surface area contributed by atoms with Crippen molar-refractivity contribution in [1.29, 1.82) is 0 Å². The number of carbonyl (C=O) groups excluding carboxylic acids is 2. The van der Waals surface area contributed by atoms with Crippen LogP contribution in [0.2, 0.25) is 0 Å². The topological polar surface area (TPSA) is 115 Å². The summed E-state index contributed by atoms with van der Waals surface area (Å²) in [5.74, 6) is -2.24. The van der Waals surface area contributed by atoms with Crippen LogP contribution in [0.5, 0.6) is 0 Å². The van der Waals surface area contributed by atoms with Gasteiger partial charge in [-0.3, -0.25) is 9.98 Å². The molecule has 1 atom stereocenters. The van der Waals surface area contributed by atoms with Crippen molar-refractivity contribution in [2.75, 3.05) is 0 Å². The summed E-state index contributed by atoms with van der Waals surface area (Å²) in [6.07, 6.45) is 0. The second-order valence-electron chi connectivity index (χ2n) is 15.4. The largest absolute Gasteiger partial charge is 0.458 e. The summed E-state index contributed by atoms with van der Waals surface area (Å²) < 4.78 is 43.1. The molecule has 0 bridgehead atoms. The Morgan fingerprint density at radius 3 is 1.56 bits per heavy atom. The van der Waals surface area contributed by atoms with Crippen molar-refractivity contribution in [3.63, 3.8) is 0 Å². The minimum absolute atomic E-state index is 0.113. The maximum Gasteiger partial charge on any atom is 0.346 e. The zero-order chi connectivity index (χ0) is 34.4. The molecule has 45 heavy (non-hydrogen) atoms. The molecule has 1 saturated heterocycles. The molecule has 0 saturated carbocycles. The number of benzene rings is 2. The molecule has 1 fully saturated rings. The summed E-state index contributed by atoms with van der Waals surface area (Å²) >= 11 is 0. The van der Waals surface area contributed by atoms with Crippen LogP contribution in [0.4, 0.5) is 0 Å². The number of ether oxygens (including phenoxy) is 2. The SMILES string of the molecule is Cc1ccc(S(=O)(=O)N2C(c3ccccc3)C(=NC(C)(C)C)C(=NC(C)(C)C)C2(C(=O)OC(C)(C)C)C(=O)OC(C)(C)C)cc1. The van der Waals surface area contributed by atoms with E-state index in [1.54, 1.807) is 105 Å². The predicted molar refractivity (Wildman–Crippen MR) is 178 cm³/mol. The van der Waals surface area contributed by atoms with Gasteiger partial charge in [0, 0.05) is 0 Å². The first-order valence-electron chi connectivity index (χ1n) is 15.1. The molecule has 0 amide bonds. The predicted octanol–water partition coefficient (Wildman–Crippen LogP) is 6.64. The van der Waals surface area contributed by atoms with Gasteiger partial charge in [-0.1, -0.05) is 48.0 Å². The van der Waals surface area contributed by atoms with Crippen LogP contribution in [-0.2, 0) is 29.1 Å². The third kappa shape index (κ3) is 8.08. The zero-order valence-electron chi connectivity index (χ0n) is 29.0. The van der Waals surface area contributed by atoms with E-state index in [0.29, 0.717) is 5.56 Å².